The molecule has 0 amide bonds. The number of carbonyl (C=O) groups excluding carboxylic acids is 1. The minimum absolute atomic E-state index is 0.0190. The lowest BCUT2D eigenvalue weighted by Gasteiger charge is -2.19. The average molecular weight is 194 g/mol. The predicted octanol–water partition coefficient (Wildman–Crippen LogP) is 3.34. The van der Waals surface area contributed by atoms with Gasteiger partial charge in [-0.3, -0.25) is 4.79 Å². The van der Waals surface area contributed by atoms with Crippen LogP contribution in [0.1, 0.15) is 56.0 Å². The summed E-state index contributed by atoms with van der Waals surface area (Å²) >= 11 is 0. The highest BCUT2D eigenvalue weighted by molar-refractivity contribution is 5.76. The second kappa shape index (κ2) is 3.99. The van der Waals surface area contributed by atoms with E-state index < -0.39 is 0 Å². The van der Waals surface area contributed by atoms with Crippen LogP contribution < -0.4 is 0 Å². The number of carbonyl (C=O) groups is 1. The second-order valence-electron chi connectivity index (χ2n) is 4.20. The fraction of sp³-hybridized carbons (Fsp3) is 0.583. The van der Waals surface area contributed by atoms with Crippen molar-refractivity contribution >= 4 is 6.29 Å². The molecule has 14 heavy (non-hydrogen) atoms. The number of hydrogen-bond donors (Lipinski definition) is 0. The first-order chi connectivity index (χ1) is 6.55. The van der Waals surface area contributed by atoms with Crippen molar-refractivity contribution in [2.24, 2.45) is 0 Å². The Morgan fingerprint density at radius 3 is 2.43 bits per heavy atom. The number of rotatable bonds is 4. The monoisotopic (exact) mass is 194 g/mol. The van der Waals surface area contributed by atoms with E-state index in [1.54, 1.807) is 0 Å². The lowest BCUT2D eigenvalue weighted by molar-refractivity contribution is 0.112. The quantitative estimate of drug-likeness (QED) is 0.688. The van der Waals surface area contributed by atoms with Crippen molar-refractivity contribution in [1.82, 2.24) is 0 Å². The number of aryl methyl sites for hydroxylation is 1. The molecule has 0 atom stereocenters. The normalized spacial score (nSPS) is 11.7. The Bertz CT molecular complexity index is 321. The number of aldehydes is 1. The van der Waals surface area contributed by atoms with E-state index in [9.17, 15) is 4.79 Å². The summed E-state index contributed by atoms with van der Waals surface area (Å²) in [5, 5.41) is 0. The SMILES string of the molecule is CCc1oc(C(C)(C)CC)cc1C=O. The fourth-order valence-corrected chi connectivity index (χ4v) is 1.33. The maximum absolute atomic E-state index is 10.8. The van der Waals surface area contributed by atoms with Crippen LogP contribution in [0.5, 0.6) is 0 Å². The van der Waals surface area contributed by atoms with Crippen LogP contribution >= 0.6 is 0 Å². The minimum atomic E-state index is 0.0190. The molecule has 0 aliphatic heterocycles. The molecule has 0 spiro atoms. The molecular formula is C12H18O2. The molecule has 2 nitrogen and oxygen atoms in total. The molecule has 1 heterocycles. The number of hydrogen-bond acceptors (Lipinski definition) is 2. The van der Waals surface area contributed by atoms with E-state index in [1.165, 1.54) is 0 Å². The van der Waals surface area contributed by atoms with Crippen molar-refractivity contribution in [3.05, 3.63) is 23.2 Å². The summed E-state index contributed by atoms with van der Waals surface area (Å²) in [7, 11) is 0. The molecule has 1 aromatic rings. The van der Waals surface area contributed by atoms with Gasteiger partial charge in [0.1, 0.15) is 11.5 Å². The van der Waals surface area contributed by atoms with Crippen LogP contribution in [0.25, 0.3) is 0 Å². The van der Waals surface area contributed by atoms with Crippen molar-refractivity contribution in [1.29, 1.82) is 0 Å². The molecule has 2 heteroatoms. The molecule has 0 aliphatic carbocycles. The first-order valence-corrected chi connectivity index (χ1v) is 5.13. The Hall–Kier alpha value is -1.05. The summed E-state index contributed by atoms with van der Waals surface area (Å²) in [6.45, 7) is 8.36. The van der Waals surface area contributed by atoms with E-state index in [1.807, 2.05) is 13.0 Å². The van der Waals surface area contributed by atoms with Gasteiger partial charge >= 0.3 is 0 Å². The summed E-state index contributed by atoms with van der Waals surface area (Å²) in [5.74, 6) is 1.72. The van der Waals surface area contributed by atoms with E-state index in [0.29, 0.717) is 5.56 Å². The standard InChI is InChI=1S/C12H18O2/c1-5-10-9(8-13)7-11(14-10)12(3,4)6-2/h7-8H,5-6H2,1-4H3. The molecule has 1 aromatic heterocycles. The van der Waals surface area contributed by atoms with Crippen LogP contribution in [0.4, 0.5) is 0 Å². The smallest absolute Gasteiger partial charge is 0.153 e. The highest BCUT2D eigenvalue weighted by Crippen LogP contribution is 2.30. The van der Waals surface area contributed by atoms with Gasteiger partial charge in [-0.2, -0.15) is 0 Å². The van der Waals surface area contributed by atoms with Gasteiger partial charge in [0.05, 0.1) is 5.56 Å². The zero-order valence-corrected chi connectivity index (χ0v) is 9.39. The predicted molar refractivity (Wildman–Crippen MR) is 56.8 cm³/mol. The van der Waals surface area contributed by atoms with Crippen LogP contribution in [0, 0.1) is 0 Å². The first kappa shape index (κ1) is 11.0. The molecule has 0 unspecified atom stereocenters. The van der Waals surface area contributed by atoms with Gasteiger partial charge in [-0.1, -0.05) is 27.7 Å². The van der Waals surface area contributed by atoms with Crippen LogP contribution in [0.15, 0.2) is 10.5 Å². The van der Waals surface area contributed by atoms with E-state index in [-0.39, 0.29) is 5.41 Å². The highest BCUT2D eigenvalue weighted by Gasteiger charge is 2.23. The molecule has 0 saturated heterocycles. The molecule has 0 aliphatic rings. The lowest BCUT2D eigenvalue weighted by atomic mass is 9.87. The summed E-state index contributed by atoms with van der Waals surface area (Å²) in [6, 6.07) is 1.87. The summed E-state index contributed by atoms with van der Waals surface area (Å²) < 4.78 is 5.68. The van der Waals surface area contributed by atoms with E-state index in [4.69, 9.17) is 4.42 Å². The molecule has 1 rings (SSSR count). The van der Waals surface area contributed by atoms with Crippen LogP contribution in [-0.4, -0.2) is 6.29 Å². The fourth-order valence-electron chi connectivity index (χ4n) is 1.33. The van der Waals surface area contributed by atoms with Gasteiger partial charge in [-0.25, -0.2) is 0 Å². The lowest BCUT2D eigenvalue weighted by Crippen LogP contribution is -2.14. The van der Waals surface area contributed by atoms with Crippen molar-refractivity contribution in [2.45, 2.75) is 46.0 Å². The van der Waals surface area contributed by atoms with E-state index >= 15 is 0 Å². The van der Waals surface area contributed by atoms with Crippen LogP contribution in [-0.2, 0) is 11.8 Å². The zero-order valence-electron chi connectivity index (χ0n) is 9.39. The van der Waals surface area contributed by atoms with Crippen molar-refractivity contribution < 1.29 is 9.21 Å². The van der Waals surface area contributed by atoms with Gasteiger partial charge in [-0.05, 0) is 12.5 Å². The van der Waals surface area contributed by atoms with E-state index in [2.05, 4.69) is 20.8 Å². The molecule has 0 bridgehead atoms. The minimum Gasteiger partial charge on any atom is -0.465 e. The second-order valence-corrected chi connectivity index (χ2v) is 4.20. The van der Waals surface area contributed by atoms with Crippen molar-refractivity contribution in [3.63, 3.8) is 0 Å². The Kier molecular flexibility index (Phi) is 3.14. The Labute approximate surface area is 85.3 Å². The van der Waals surface area contributed by atoms with Crippen LogP contribution in [0.3, 0.4) is 0 Å². The molecule has 0 aromatic carbocycles. The topological polar surface area (TPSA) is 30.2 Å². The zero-order chi connectivity index (χ0) is 10.8. The van der Waals surface area contributed by atoms with Gasteiger partial charge in [-0.15, -0.1) is 0 Å². The molecule has 0 N–H and O–H groups in total. The summed E-state index contributed by atoms with van der Waals surface area (Å²) in [6.07, 6.45) is 2.65. The summed E-state index contributed by atoms with van der Waals surface area (Å²) in [5.41, 5.74) is 0.717. The molecule has 0 fully saturated rings. The van der Waals surface area contributed by atoms with Gasteiger partial charge in [0.15, 0.2) is 6.29 Å². The van der Waals surface area contributed by atoms with Crippen molar-refractivity contribution in [3.8, 4) is 0 Å². The molecule has 0 saturated carbocycles. The third-order valence-corrected chi connectivity index (χ3v) is 2.84. The highest BCUT2D eigenvalue weighted by atomic mass is 16.3. The van der Waals surface area contributed by atoms with Crippen molar-refractivity contribution in [2.75, 3.05) is 0 Å². The largest absolute Gasteiger partial charge is 0.465 e. The third kappa shape index (κ3) is 1.89. The summed E-state index contributed by atoms with van der Waals surface area (Å²) in [4.78, 5) is 10.8. The van der Waals surface area contributed by atoms with Gasteiger partial charge in [0.2, 0.25) is 0 Å². The Morgan fingerprint density at radius 1 is 1.43 bits per heavy atom. The number of furan rings is 1. The van der Waals surface area contributed by atoms with Crippen LogP contribution in [0.2, 0.25) is 0 Å². The van der Waals surface area contributed by atoms with Gasteiger partial charge in [0.25, 0.3) is 0 Å². The third-order valence-electron chi connectivity index (χ3n) is 2.84. The Morgan fingerprint density at radius 2 is 2.07 bits per heavy atom. The van der Waals surface area contributed by atoms with Gasteiger partial charge in [0, 0.05) is 11.8 Å². The molecule has 0 radical (unpaired) electrons. The molecule has 78 valence electrons. The van der Waals surface area contributed by atoms with E-state index in [0.717, 1.165) is 30.6 Å². The Balaban J connectivity index is 3.12. The maximum atomic E-state index is 10.8. The maximum Gasteiger partial charge on any atom is 0.153 e. The first-order valence-electron chi connectivity index (χ1n) is 5.13. The average Bonchev–Trinajstić information content (AvgIpc) is 2.61. The van der Waals surface area contributed by atoms with Gasteiger partial charge < -0.3 is 4.42 Å². The molecular weight excluding hydrogens is 176 g/mol.